The number of phenolic OH excluding ortho intramolecular Hbond substituents is 1. The summed E-state index contributed by atoms with van der Waals surface area (Å²) >= 11 is 0. The molecule has 0 aliphatic heterocycles. The molecule has 3 N–H and O–H groups in total. The summed E-state index contributed by atoms with van der Waals surface area (Å²) in [6.45, 7) is 1.79. The highest BCUT2D eigenvalue weighted by molar-refractivity contribution is 6.08. The summed E-state index contributed by atoms with van der Waals surface area (Å²) in [5.74, 6) is -0.655. The van der Waals surface area contributed by atoms with Crippen LogP contribution in [0.15, 0.2) is 59.6 Å². The van der Waals surface area contributed by atoms with E-state index in [0.29, 0.717) is 10.9 Å². The number of aliphatic imine (C=N–C) groups is 1. The van der Waals surface area contributed by atoms with Crippen molar-refractivity contribution in [2.45, 2.75) is 6.92 Å². The Kier molecular flexibility index (Phi) is 4.70. The Bertz CT molecular complexity index is 1040. The highest BCUT2D eigenvalue weighted by atomic mass is 19.1. The number of carbonyl (C=O) groups excluding carboxylic acids is 1. The van der Waals surface area contributed by atoms with Crippen molar-refractivity contribution >= 4 is 28.3 Å². The van der Waals surface area contributed by atoms with Crippen LogP contribution in [0.1, 0.15) is 23.1 Å². The zero-order chi connectivity index (χ0) is 18.7. The zero-order valence-corrected chi connectivity index (χ0v) is 13.8. The number of carbonyl (C=O) groups is 1. The van der Waals surface area contributed by atoms with Gasteiger partial charge in [0.15, 0.2) is 5.82 Å². The van der Waals surface area contributed by atoms with E-state index in [-0.39, 0.29) is 28.8 Å². The van der Waals surface area contributed by atoms with Crippen molar-refractivity contribution in [3.8, 4) is 5.75 Å². The topological polar surface area (TPSA) is 101 Å². The molecule has 2 aromatic carbocycles. The molecule has 0 fully saturated rings. The summed E-state index contributed by atoms with van der Waals surface area (Å²) in [6.07, 6.45) is 3.31. The smallest absolute Gasteiger partial charge is 0.230 e. The van der Waals surface area contributed by atoms with Crippen molar-refractivity contribution in [3.05, 3.63) is 71.8 Å². The summed E-state index contributed by atoms with van der Waals surface area (Å²) < 4.78 is 13.1. The van der Waals surface area contributed by atoms with Gasteiger partial charge >= 0.3 is 0 Å². The minimum atomic E-state index is -0.490. The normalized spacial score (nSPS) is 12.0. The van der Waals surface area contributed by atoms with Crippen LogP contribution in [0, 0.1) is 5.82 Å². The van der Waals surface area contributed by atoms with Crippen molar-refractivity contribution in [1.29, 1.82) is 0 Å². The lowest BCUT2D eigenvalue weighted by Gasteiger charge is -2.06. The molecule has 0 aliphatic carbocycles. The van der Waals surface area contributed by atoms with Crippen LogP contribution in [0.4, 0.5) is 10.2 Å². The molecule has 0 atom stereocenters. The number of allylic oxidation sites excluding steroid dienone is 1. The van der Waals surface area contributed by atoms with Gasteiger partial charge in [-0.1, -0.05) is 6.08 Å². The van der Waals surface area contributed by atoms with Gasteiger partial charge in [0.05, 0.1) is 5.52 Å². The van der Waals surface area contributed by atoms with Crippen molar-refractivity contribution in [1.82, 2.24) is 9.97 Å². The molecule has 130 valence electrons. The standard InChI is InChI=1S/C19H15FN4O2/c1-2-3-16(21)23-18-14-9-8-13(25)10-15(14)22-19(24-18)17(26)11-4-6-12(20)7-5-11/h2-10,25H,1H3,(H2,21,22,23,24). The van der Waals surface area contributed by atoms with Gasteiger partial charge in [-0.05, 0) is 49.4 Å². The quantitative estimate of drug-likeness (QED) is 0.427. The van der Waals surface area contributed by atoms with Gasteiger partial charge in [-0.2, -0.15) is 0 Å². The van der Waals surface area contributed by atoms with Crippen molar-refractivity contribution < 1.29 is 14.3 Å². The Balaban J connectivity index is 2.18. The van der Waals surface area contributed by atoms with E-state index in [4.69, 9.17) is 5.73 Å². The van der Waals surface area contributed by atoms with E-state index in [0.717, 1.165) is 0 Å². The molecule has 0 radical (unpaired) electrons. The Morgan fingerprint density at radius 2 is 1.92 bits per heavy atom. The van der Waals surface area contributed by atoms with Crippen LogP contribution in [0.3, 0.4) is 0 Å². The molecular weight excluding hydrogens is 335 g/mol. The van der Waals surface area contributed by atoms with Crippen LogP contribution < -0.4 is 5.73 Å². The van der Waals surface area contributed by atoms with Crippen LogP contribution in [0.25, 0.3) is 10.9 Å². The third-order valence-corrected chi connectivity index (χ3v) is 3.54. The van der Waals surface area contributed by atoms with Gasteiger partial charge in [0.1, 0.15) is 17.4 Å². The average molecular weight is 350 g/mol. The number of aromatic nitrogens is 2. The lowest BCUT2D eigenvalue weighted by Crippen LogP contribution is -2.10. The number of aromatic hydroxyl groups is 1. The predicted molar refractivity (Wildman–Crippen MR) is 97.1 cm³/mol. The molecule has 1 heterocycles. The lowest BCUT2D eigenvalue weighted by atomic mass is 10.1. The molecule has 6 nitrogen and oxygen atoms in total. The molecule has 7 heteroatoms. The number of nitrogens with two attached hydrogens (primary N) is 1. The highest BCUT2D eigenvalue weighted by Gasteiger charge is 2.16. The minimum absolute atomic E-state index is 0.00673. The Morgan fingerprint density at radius 1 is 1.19 bits per heavy atom. The monoisotopic (exact) mass is 350 g/mol. The van der Waals surface area contributed by atoms with Gasteiger partial charge in [0.25, 0.3) is 0 Å². The zero-order valence-electron chi connectivity index (χ0n) is 13.8. The first-order valence-corrected chi connectivity index (χ1v) is 7.76. The Hall–Kier alpha value is -3.61. The van der Waals surface area contributed by atoms with Crippen molar-refractivity contribution in [2.24, 2.45) is 10.7 Å². The fraction of sp³-hybridized carbons (Fsp3) is 0.0526. The molecule has 0 unspecified atom stereocenters. The number of rotatable bonds is 4. The van der Waals surface area contributed by atoms with Crippen LogP contribution in [-0.4, -0.2) is 26.7 Å². The van der Waals surface area contributed by atoms with E-state index in [1.807, 2.05) is 0 Å². The number of hydrogen-bond acceptors (Lipinski definition) is 5. The number of halogens is 1. The maximum atomic E-state index is 13.1. The average Bonchev–Trinajstić information content (AvgIpc) is 2.61. The SMILES string of the molecule is CC=CC(N)=Nc1nc(C(=O)c2ccc(F)cc2)nc2cc(O)ccc12. The number of ketones is 1. The molecule has 0 spiro atoms. The summed E-state index contributed by atoms with van der Waals surface area (Å²) in [6, 6.07) is 9.54. The molecule has 0 saturated heterocycles. The lowest BCUT2D eigenvalue weighted by molar-refractivity contribution is 0.102. The second kappa shape index (κ2) is 7.10. The number of phenols is 1. The molecule has 0 bridgehead atoms. The molecule has 0 amide bonds. The van der Waals surface area contributed by atoms with Crippen LogP contribution in [-0.2, 0) is 0 Å². The largest absolute Gasteiger partial charge is 0.508 e. The van der Waals surface area contributed by atoms with Crippen molar-refractivity contribution in [2.75, 3.05) is 0 Å². The summed E-state index contributed by atoms with van der Waals surface area (Å²) in [5, 5.41) is 10.2. The molecule has 0 saturated carbocycles. The first-order chi connectivity index (χ1) is 12.5. The Labute approximate surface area is 148 Å². The number of benzene rings is 2. The van der Waals surface area contributed by atoms with E-state index in [1.54, 1.807) is 25.1 Å². The van der Waals surface area contributed by atoms with Crippen LogP contribution >= 0.6 is 0 Å². The van der Waals surface area contributed by atoms with Gasteiger partial charge in [0, 0.05) is 17.0 Å². The second-order valence-corrected chi connectivity index (χ2v) is 5.44. The minimum Gasteiger partial charge on any atom is -0.508 e. The number of hydrogen-bond donors (Lipinski definition) is 2. The first kappa shape index (κ1) is 17.2. The number of nitrogens with zero attached hydrogens (tertiary/aromatic N) is 3. The van der Waals surface area contributed by atoms with E-state index in [9.17, 15) is 14.3 Å². The summed E-state index contributed by atoms with van der Waals surface area (Å²) in [7, 11) is 0. The van der Waals surface area contributed by atoms with E-state index < -0.39 is 11.6 Å². The predicted octanol–water partition coefficient (Wildman–Crippen LogP) is 3.27. The van der Waals surface area contributed by atoms with Gasteiger partial charge < -0.3 is 10.8 Å². The molecular formula is C19H15FN4O2. The molecule has 3 rings (SSSR count). The highest BCUT2D eigenvalue weighted by Crippen LogP contribution is 2.27. The molecule has 1 aromatic heterocycles. The summed E-state index contributed by atoms with van der Waals surface area (Å²) in [4.78, 5) is 25.3. The van der Waals surface area contributed by atoms with Gasteiger partial charge in [-0.25, -0.2) is 19.4 Å². The fourth-order valence-corrected chi connectivity index (χ4v) is 2.35. The Morgan fingerprint density at radius 3 is 2.62 bits per heavy atom. The molecule has 3 aromatic rings. The molecule has 26 heavy (non-hydrogen) atoms. The van der Waals surface area contributed by atoms with E-state index >= 15 is 0 Å². The maximum Gasteiger partial charge on any atom is 0.230 e. The third-order valence-electron chi connectivity index (χ3n) is 3.54. The number of amidine groups is 1. The third kappa shape index (κ3) is 3.56. The van der Waals surface area contributed by atoms with Crippen LogP contribution in [0.2, 0.25) is 0 Å². The molecule has 0 aliphatic rings. The van der Waals surface area contributed by atoms with Crippen molar-refractivity contribution in [3.63, 3.8) is 0 Å². The second-order valence-electron chi connectivity index (χ2n) is 5.44. The van der Waals surface area contributed by atoms with Gasteiger partial charge in [-0.3, -0.25) is 4.79 Å². The van der Waals surface area contributed by atoms with E-state index in [1.165, 1.54) is 36.4 Å². The van der Waals surface area contributed by atoms with Crippen LogP contribution in [0.5, 0.6) is 5.75 Å². The van der Waals surface area contributed by atoms with E-state index in [2.05, 4.69) is 15.0 Å². The van der Waals surface area contributed by atoms with Gasteiger partial charge in [-0.15, -0.1) is 0 Å². The first-order valence-electron chi connectivity index (χ1n) is 7.76. The maximum absolute atomic E-state index is 13.1. The number of fused-ring (bicyclic) bond motifs is 1. The summed E-state index contributed by atoms with van der Waals surface area (Å²) in [5.41, 5.74) is 6.40. The van der Waals surface area contributed by atoms with Gasteiger partial charge in [0.2, 0.25) is 11.6 Å². The fourth-order valence-electron chi connectivity index (χ4n) is 2.35.